The van der Waals surface area contributed by atoms with Crippen molar-refractivity contribution in [2.24, 2.45) is 5.73 Å². The number of alkyl halides is 2. The van der Waals surface area contributed by atoms with Gasteiger partial charge in [0.05, 0.1) is 0 Å². The molecule has 10 heavy (non-hydrogen) atoms. The molecule has 0 heterocycles. The first kappa shape index (κ1) is 9.58. The smallest absolute Gasteiger partial charge is 0.330 e. The molecule has 0 amide bonds. The van der Waals surface area contributed by atoms with Gasteiger partial charge in [0.25, 0.3) is 5.92 Å². The predicted molar refractivity (Wildman–Crippen MR) is 31.4 cm³/mol. The van der Waals surface area contributed by atoms with Gasteiger partial charge in [0.2, 0.25) is 0 Å². The van der Waals surface area contributed by atoms with Crippen LogP contribution in [0, 0.1) is 0 Å². The van der Waals surface area contributed by atoms with Crippen LogP contribution < -0.4 is 5.73 Å². The second-order valence-electron chi connectivity index (χ2n) is 2.16. The summed E-state index contributed by atoms with van der Waals surface area (Å²) in [5.41, 5.74) is 2.45. The summed E-state index contributed by atoms with van der Waals surface area (Å²) in [6.45, 7) is 0. The summed E-state index contributed by atoms with van der Waals surface area (Å²) in [7, 11) is 0. The molecule has 0 aromatic heterocycles. The number of rotatable bonds is 1. The molecule has 0 spiro atoms. The topological polar surface area (TPSA) is 63.3 Å². The van der Waals surface area contributed by atoms with Crippen LogP contribution in [0.3, 0.4) is 0 Å². The summed E-state index contributed by atoms with van der Waals surface area (Å²) in [6.07, 6.45) is -0.741. The first-order valence-electron chi connectivity index (χ1n) is 2.30. The van der Waals surface area contributed by atoms with Gasteiger partial charge in [-0.2, -0.15) is 0 Å². The Morgan fingerprint density at radius 1 is 1.60 bits per heavy atom. The molecular formula is C4H6ClF2NO2. The fraction of sp³-hybridized carbons (Fsp3) is 0.750. The number of hydrogen-bond donors (Lipinski definition) is 2. The number of halogens is 3. The molecule has 3 nitrogen and oxygen atoms in total. The molecule has 3 N–H and O–H groups in total. The van der Waals surface area contributed by atoms with Crippen molar-refractivity contribution in [1.29, 1.82) is 0 Å². The molecule has 1 fully saturated rings. The number of aliphatic carboxylic acids is 1. The third-order valence-electron chi connectivity index (χ3n) is 1.41. The minimum Gasteiger partial charge on any atom is -0.480 e. The standard InChI is InChI=1S/C4H5F2NO2.ClH/c5-4(6)1-3(4,7)2(8)9;/h1,7H2,(H,8,9);1H/t3-;/m0./s1. The summed E-state index contributed by atoms with van der Waals surface area (Å²) >= 11 is 0. The van der Waals surface area contributed by atoms with Crippen LogP contribution >= 0.6 is 12.4 Å². The van der Waals surface area contributed by atoms with Crippen molar-refractivity contribution in [1.82, 2.24) is 0 Å². The lowest BCUT2D eigenvalue weighted by atomic mass is 10.3. The van der Waals surface area contributed by atoms with E-state index in [0.29, 0.717) is 0 Å². The van der Waals surface area contributed by atoms with Crippen molar-refractivity contribution in [2.45, 2.75) is 17.9 Å². The van der Waals surface area contributed by atoms with E-state index in [0.717, 1.165) is 0 Å². The van der Waals surface area contributed by atoms with E-state index in [1.165, 1.54) is 0 Å². The SMILES string of the molecule is Cl.N[C@]1(C(=O)O)CC1(F)F. The van der Waals surface area contributed by atoms with Crippen molar-refractivity contribution < 1.29 is 18.7 Å². The van der Waals surface area contributed by atoms with E-state index < -0.39 is 23.9 Å². The number of nitrogens with two attached hydrogens (primary N) is 1. The molecule has 1 saturated carbocycles. The number of carboxylic acids is 1. The highest BCUT2D eigenvalue weighted by Gasteiger charge is 2.74. The monoisotopic (exact) mass is 173 g/mol. The molecule has 0 unspecified atom stereocenters. The van der Waals surface area contributed by atoms with Crippen LogP contribution in [0.15, 0.2) is 0 Å². The summed E-state index contributed by atoms with van der Waals surface area (Å²) in [5.74, 6) is -4.83. The second-order valence-corrected chi connectivity index (χ2v) is 2.16. The molecule has 1 atom stereocenters. The van der Waals surface area contributed by atoms with E-state index >= 15 is 0 Å². The van der Waals surface area contributed by atoms with Crippen LogP contribution in [0.4, 0.5) is 8.78 Å². The van der Waals surface area contributed by atoms with Gasteiger partial charge in [0.1, 0.15) is 0 Å². The molecule has 0 aromatic rings. The number of hydrogen-bond acceptors (Lipinski definition) is 2. The van der Waals surface area contributed by atoms with Crippen molar-refractivity contribution in [3.63, 3.8) is 0 Å². The molecular weight excluding hydrogens is 167 g/mol. The number of carbonyl (C=O) groups is 1. The quantitative estimate of drug-likeness (QED) is 0.597. The Hall–Kier alpha value is -0.420. The Labute approximate surface area is 61.6 Å². The summed E-state index contributed by atoms with van der Waals surface area (Å²) < 4.78 is 23.9. The molecule has 1 rings (SSSR count). The van der Waals surface area contributed by atoms with E-state index in [1.54, 1.807) is 0 Å². The molecule has 0 aliphatic heterocycles. The Morgan fingerprint density at radius 2 is 1.90 bits per heavy atom. The van der Waals surface area contributed by atoms with Crippen LogP contribution in [0.1, 0.15) is 6.42 Å². The van der Waals surface area contributed by atoms with Gasteiger partial charge < -0.3 is 10.8 Å². The van der Waals surface area contributed by atoms with Gasteiger partial charge >= 0.3 is 5.97 Å². The third-order valence-corrected chi connectivity index (χ3v) is 1.41. The van der Waals surface area contributed by atoms with E-state index in [-0.39, 0.29) is 12.4 Å². The Balaban J connectivity index is 0.000000810. The lowest BCUT2D eigenvalue weighted by Gasteiger charge is -2.00. The molecule has 0 saturated heterocycles. The molecule has 60 valence electrons. The lowest BCUT2D eigenvalue weighted by Crippen LogP contribution is -2.38. The van der Waals surface area contributed by atoms with Gasteiger partial charge in [-0.05, 0) is 0 Å². The normalized spacial score (nSPS) is 34.3. The highest BCUT2D eigenvalue weighted by Crippen LogP contribution is 2.50. The van der Waals surface area contributed by atoms with Gasteiger partial charge in [-0.3, -0.25) is 0 Å². The van der Waals surface area contributed by atoms with Crippen molar-refractivity contribution in [2.75, 3.05) is 0 Å². The zero-order valence-electron chi connectivity index (χ0n) is 4.80. The first-order chi connectivity index (χ1) is 3.90. The number of carboxylic acid groups (broad SMARTS) is 1. The first-order valence-corrected chi connectivity index (χ1v) is 2.30. The molecule has 0 radical (unpaired) electrons. The average Bonchev–Trinajstić information content (AvgIpc) is 2.08. The van der Waals surface area contributed by atoms with Crippen LogP contribution in [0.5, 0.6) is 0 Å². The van der Waals surface area contributed by atoms with Crippen LogP contribution in [-0.2, 0) is 4.79 Å². The van der Waals surface area contributed by atoms with Crippen LogP contribution in [0.25, 0.3) is 0 Å². The Kier molecular flexibility index (Phi) is 1.95. The van der Waals surface area contributed by atoms with E-state index in [2.05, 4.69) is 0 Å². The van der Waals surface area contributed by atoms with Gasteiger partial charge in [0, 0.05) is 6.42 Å². The third kappa shape index (κ3) is 0.951. The molecule has 1 aliphatic carbocycles. The van der Waals surface area contributed by atoms with Gasteiger partial charge in [-0.25, -0.2) is 13.6 Å². The van der Waals surface area contributed by atoms with E-state index in [4.69, 9.17) is 10.8 Å². The fourth-order valence-corrected chi connectivity index (χ4v) is 0.538. The summed E-state index contributed by atoms with van der Waals surface area (Å²) in [4.78, 5) is 9.89. The predicted octanol–water partition coefficient (Wildman–Crippen LogP) is 0.229. The molecule has 1 aliphatic rings. The molecule has 0 aromatic carbocycles. The average molecular weight is 174 g/mol. The second kappa shape index (κ2) is 2.03. The molecule has 0 bridgehead atoms. The van der Waals surface area contributed by atoms with Gasteiger partial charge in [-0.1, -0.05) is 0 Å². The van der Waals surface area contributed by atoms with Gasteiger partial charge in [-0.15, -0.1) is 12.4 Å². The largest absolute Gasteiger partial charge is 0.480 e. The summed E-state index contributed by atoms with van der Waals surface area (Å²) in [6, 6.07) is 0. The van der Waals surface area contributed by atoms with Crippen LogP contribution in [-0.4, -0.2) is 22.5 Å². The maximum atomic E-state index is 11.9. The summed E-state index contributed by atoms with van der Waals surface area (Å²) in [5, 5.41) is 8.04. The zero-order valence-corrected chi connectivity index (χ0v) is 5.62. The minimum atomic E-state index is -3.20. The van der Waals surface area contributed by atoms with Crippen molar-refractivity contribution in [3.8, 4) is 0 Å². The van der Waals surface area contributed by atoms with Crippen LogP contribution in [0.2, 0.25) is 0 Å². The lowest BCUT2D eigenvalue weighted by molar-refractivity contribution is -0.142. The van der Waals surface area contributed by atoms with Gasteiger partial charge in [0.15, 0.2) is 5.54 Å². The maximum absolute atomic E-state index is 11.9. The van der Waals surface area contributed by atoms with E-state index in [1.807, 2.05) is 0 Å². The molecule has 6 heteroatoms. The fourth-order valence-electron chi connectivity index (χ4n) is 0.538. The highest BCUT2D eigenvalue weighted by molar-refractivity contribution is 5.85. The van der Waals surface area contributed by atoms with Crippen molar-refractivity contribution >= 4 is 18.4 Å². The zero-order chi connectivity index (χ0) is 7.28. The highest BCUT2D eigenvalue weighted by atomic mass is 35.5. The van der Waals surface area contributed by atoms with Crippen molar-refractivity contribution in [3.05, 3.63) is 0 Å². The minimum absolute atomic E-state index is 0. The van der Waals surface area contributed by atoms with E-state index in [9.17, 15) is 13.6 Å². The maximum Gasteiger partial charge on any atom is 0.330 e. The Morgan fingerprint density at radius 3 is 1.90 bits per heavy atom. The Bertz CT molecular complexity index is 175.